The molecule has 0 heterocycles. The summed E-state index contributed by atoms with van der Waals surface area (Å²) in [6.07, 6.45) is 11.9. The van der Waals surface area contributed by atoms with E-state index in [-0.39, 0.29) is 31.9 Å². The molecule has 0 atom stereocenters. The molecular weight excluding hydrogens is 272 g/mol. The van der Waals surface area contributed by atoms with Gasteiger partial charge in [-0.3, -0.25) is 0 Å². The van der Waals surface area contributed by atoms with Crippen molar-refractivity contribution >= 4 is 0 Å². The van der Waals surface area contributed by atoms with Gasteiger partial charge in [-0.05, 0) is 11.8 Å². The van der Waals surface area contributed by atoms with Gasteiger partial charge in [-0.1, -0.05) is 92.9 Å². The number of rotatable bonds is 0. The zero-order chi connectivity index (χ0) is 12.8. The summed E-state index contributed by atoms with van der Waals surface area (Å²) in [7, 11) is 0. The van der Waals surface area contributed by atoms with Gasteiger partial charge < -0.3 is 14.9 Å². The number of hydrogen-bond donors (Lipinski definition) is 0. The van der Waals surface area contributed by atoms with Crippen LogP contribution in [0.15, 0.2) is 0 Å². The van der Waals surface area contributed by atoms with Crippen molar-refractivity contribution in [2.75, 3.05) is 0 Å². The molecule has 2 aliphatic rings. The van der Waals surface area contributed by atoms with Crippen LogP contribution in [0.1, 0.15) is 92.9 Å². The van der Waals surface area contributed by atoms with Gasteiger partial charge in [-0.25, -0.2) is 0 Å². The molecular formula is C18H42Fe. The smallest absolute Gasteiger partial charge is 0.358 e. The van der Waals surface area contributed by atoms with E-state index in [1.807, 2.05) is 27.7 Å². The molecule has 2 rings (SSSR count). The van der Waals surface area contributed by atoms with E-state index in [2.05, 4.69) is 13.8 Å². The van der Waals surface area contributed by atoms with Crippen LogP contribution in [0.3, 0.4) is 0 Å². The van der Waals surface area contributed by atoms with Crippen molar-refractivity contribution in [2.45, 2.75) is 92.9 Å². The maximum atomic E-state index is 2.34. The Bertz CT molecular complexity index is 86.3. The van der Waals surface area contributed by atoms with E-state index >= 15 is 0 Å². The maximum Gasteiger partial charge on any atom is 2.00 e. The second-order valence-electron chi connectivity index (χ2n) is 4.78. The summed E-state index contributed by atoms with van der Waals surface area (Å²) in [5, 5.41) is 0. The van der Waals surface area contributed by atoms with E-state index in [0.29, 0.717) is 0 Å². The minimum Gasteiger partial charge on any atom is -0.358 e. The first kappa shape index (κ1) is 31.8. The summed E-state index contributed by atoms with van der Waals surface area (Å²) in [4.78, 5) is 0. The SMILES string of the molecule is CC.CC.CC1CCCC1.CC1CCCC1.[CH3-].[CH3-].[Fe+2]. The normalized spacial score (nSPS) is 16.7. The van der Waals surface area contributed by atoms with Crippen LogP contribution in [0.25, 0.3) is 0 Å². The molecule has 2 aliphatic carbocycles. The Balaban J connectivity index is -0.0000000486. The summed E-state index contributed by atoms with van der Waals surface area (Å²) in [6.45, 7) is 12.7. The fraction of sp³-hybridized carbons (Fsp3) is 0.889. The van der Waals surface area contributed by atoms with Crippen molar-refractivity contribution in [3.63, 3.8) is 0 Å². The maximum absolute atomic E-state index is 2.34. The Morgan fingerprint density at radius 1 is 0.526 bits per heavy atom. The molecule has 1 heteroatoms. The van der Waals surface area contributed by atoms with Gasteiger partial charge in [0.2, 0.25) is 0 Å². The van der Waals surface area contributed by atoms with Crippen LogP contribution in [0.4, 0.5) is 0 Å². The van der Waals surface area contributed by atoms with Crippen molar-refractivity contribution in [2.24, 2.45) is 11.8 Å². The minimum absolute atomic E-state index is 0. The third-order valence-electron chi connectivity index (χ3n) is 3.29. The van der Waals surface area contributed by atoms with Crippen molar-refractivity contribution < 1.29 is 17.1 Å². The molecule has 19 heavy (non-hydrogen) atoms. The third kappa shape index (κ3) is 24.0. The van der Waals surface area contributed by atoms with Gasteiger partial charge in [0.1, 0.15) is 0 Å². The summed E-state index contributed by atoms with van der Waals surface area (Å²) >= 11 is 0. The van der Waals surface area contributed by atoms with E-state index in [4.69, 9.17) is 0 Å². The average Bonchev–Trinajstić information content (AvgIpc) is 2.98. The standard InChI is InChI=1S/2C6H12.2C2H6.2CH3.Fe/c2*1-6-4-2-3-5-6;2*1-2;;;/h2*6H,2-5H2,1H3;2*1-2H3;2*1H3;/q;;;;2*-1;+2. The van der Waals surface area contributed by atoms with Crippen LogP contribution in [0.5, 0.6) is 0 Å². The molecule has 0 nitrogen and oxygen atoms in total. The molecule has 0 N–H and O–H groups in total. The van der Waals surface area contributed by atoms with Crippen LogP contribution >= 0.6 is 0 Å². The molecule has 0 aromatic heterocycles. The van der Waals surface area contributed by atoms with Crippen molar-refractivity contribution in [1.29, 1.82) is 0 Å². The summed E-state index contributed by atoms with van der Waals surface area (Å²) in [5.74, 6) is 2.09. The van der Waals surface area contributed by atoms with Crippen molar-refractivity contribution in [1.82, 2.24) is 0 Å². The summed E-state index contributed by atoms with van der Waals surface area (Å²) in [5.41, 5.74) is 0. The Labute approximate surface area is 137 Å². The van der Waals surface area contributed by atoms with Gasteiger partial charge in [0, 0.05) is 0 Å². The minimum atomic E-state index is 0. The Kier molecular flexibility index (Phi) is 45.1. The molecule has 0 radical (unpaired) electrons. The zero-order valence-electron chi connectivity index (χ0n) is 15.2. The molecule has 0 spiro atoms. The second kappa shape index (κ2) is 27.0. The fourth-order valence-electron chi connectivity index (χ4n) is 2.26. The van der Waals surface area contributed by atoms with Gasteiger partial charge >= 0.3 is 17.1 Å². The Hall–Kier alpha value is 0.519. The molecule has 0 aliphatic heterocycles. The quantitative estimate of drug-likeness (QED) is 0.324. The predicted molar refractivity (Wildman–Crippen MR) is 90.8 cm³/mol. The Morgan fingerprint density at radius 2 is 0.684 bits per heavy atom. The molecule has 0 saturated heterocycles. The van der Waals surface area contributed by atoms with Gasteiger partial charge in [0.05, 0.1) is 0 Å². The monoisotopic (exact) mass is 314 g/mol. The first-order valence-corrected chi connectivity index (χ1v) is 7.79. The largest absolute Gasteiger partial charge is 2.00 e. The fourth-order valence-corrected chi connectivity index (χ4v) is 2.26. The van der Waals surface area contributed by atoms with Gasteiger partial charge in [-0.15, -0.1) is 0 Å². The molecule has 0 unspecified atom stereocenters. The first-order valence-electron chi connectivity index (χ1n) is 7.79. The molecule has 0 aromatic carbocycles. The van der Waals surface area contributed by atoms with E-state index in [0.717, 1.165) is 11.8 Å². The van der Waals surface area contributed by atoms with E-state index in [1.165, 1.54) is 51.4 Å². The molecule has 0 aromatic rings. The first-order chi connectivity index (χ1) is 7.79. The van der Waals surface area contributed by atoms with Gasteiger partial charge in [0.25, 0.3) is 0 Å². The van der Waals surface area contributed by atoms with Crippen LogP contribution < -0.4 is 0 Å². The molecule has 2 saturated carbocycles. The van der Waals surface area contributed by atoms with Crippen molar-refractivity contribution in [3.05, 3.63) is 14.9 Å². The van der Waals surface area contributed by atoms with Crippen LogP contribution in [0, 0.1) is 26.7 Å². The summed E-state index contributed by atoms with van der Waals surface area (Å²) in [6, 6.07) is 0. The van der Waals surface area contributed by atoms with E-state index < -0.39 is 0 Å². The predicted octanol–water partition coefficient (Wildman–Crippen LogP) is 7.34. The molecule has 0 amide bonds. The van der Waals surface area contributed by atoms with E-state index in [1.54, 1.807) is 0 Å². The molecule has 0 bridgehead atoms. The van der Waals surface area contributed by atoms with Crippen molar-refractivity contribution in [3.8, 4) is 0 Å². The molecule has 2 fully saturated rings. The van der Waals surface area contributed by atoms with Gasteiger partial charge in [0.15, 0.2) is 0 Å². The van der Waals surface area contributed by atoms with Crippen LogP contribution in [-0.4, -0.2) is 0 Å². The molecule has 122 valence electrons. The van der Waals surface area contributed by atoms with Crippen LogP contribution in [0.2, 0.25) is 0 Å². The van der Waals surface area contributed by atoms with Crippen LogP contribution in [-0.2, 0) is 17.1 Å². The van der Waals surface area contributed by atoms with E-state index in [9.17, 15) is 0 Å². The third-order valence-corrected chi connectivity index (χ3v) is 3.29. The summed E-state index contributed by atoms with van der Waals surface area (Å²) < 4.78 is 0. The number of hydrogen-bond acceptors (Lipinski definition) is 0. The topological polar surface area (TPSA) is 0 Å². The van der Waals surface area contributed by atoms with Gasteiger partial charge in [-0.2, -0.15) is 0 Å². The second-order valence-corrected chi connectivity index (χ2v) is 4.78. The average molecular weight is 314 g/mol. The zero-order valence-corrected chi connectivity index (χ0v) is 16.3. The Morgan fingerprint density at radius 3 is 0.737 bits per heavy atom.